The van der Waals surface area contributed by atoms with Gasteiger partial charge in [0.1, 0.15) is 12.2 Å². The van der Waals surface area contributed by atoms with Crippen LogP contribution in [0, 0.1) is 0 Å². The Bertz CT molecular complexity index is 1110. The number of thiophene rings is 1. The second-order valence-corrected chi connectivity index (χ2v) is 6.50. The highest BCUT2D eigenvalue weighted by Crippen LogP contribution is 2.27. The highest BCUT2D eigenvalue weighted by atomic mass is 32.1. The third kappa shape index (κ3) is 3.19. The van der Waals surface area contributed by atoms with Gasteiger partial charge >= 0.3 is 11.6 Å². The van der Waals surface area contributed by atoms with Gasteiger partial charge in [-0.15, -0.1) is 0 Å². The Labute approximate surface area is 147 Å². The molecule has 124 valence electrons. The molecule has 2 aromatic heterocycles. The quantitative estimate of drug-likeness (QED) is 0.313. The predicted molar refractivity (Wildman–Crippen MR) is 97.8 cm³/mol. The maximum absolute atomic E-state index is 12.0. The predicted octanol–water partition coefficient (Wildman–Crippen LogP) is 4.29. The lowest BCUT2D eigenvalue weighted by Gasteiger charge is -2.09. The number of ether oxygens (including phenoxy) is 1. The minimum atomic E-state index is -0.452. The molecule has 4 aromatic rings. The van der Waals surface area contributed by atoms with E-state index in [1.54, 1.807) is 6.07 Å². The fourth-order valence-corrected chi connectivity index (χ4v) is 3.57. The van der Waals surface area contributed by atoms with Gasteiger partial charge in [0.25, 0.3) is 0 Å². The van der Waals surface area contributed by atoms with Gasteiger partial charge in [-0.25, -0.2) is 4.79 Å². The number of rotatable bonds is 4. The number of carbonyl (C=O) groups is 1. The summed E-state index contributed by atoms with van der Waals surface area (Å²) in [4.78, 5) is 23.9. The van der Waals surface area contributed by atoms with E-state index in [4.69, 9.17) is 9.15 Å². The molecule has 0 atom stereocenters. The molecule has 0 radical (unpaired) electrons. The van der Waals surface area contributed by atoms with E-state index in [0.29, 0.717) is 11.1 Å². The summed E-state index contributed by atoms with van der Waals surface area (Å²) in [5, 5.41) is 6.65. The van der Waals surface area contributed by atoms with Crippen molar-refractivity contribution in [2.24, 2.45) is 0 Å². The summed E-state index contributed by atoms with van der Waals surface area (Å²) in [6.07, 6.45) is 0.226. The average Bonchev–Trinajstić information content (AvgIpc) is 3.12. The molecule has 4 rings (SSSR count). The van der Waals surface area contributed by atoms with E-state index in [-0.39, 0.29) is 19.0 Å². The van der Waals surface area contributed by atoms with Crippen molar-refractivity contribution in [3.05, 3.63) is 80.8 Å². The van der Waals surface area contributed by atoms with E-state index in [1.807, 2.05) is 47.2 Å². The molecule has 0 N–H and O–H groups in total. The van der Waals surface area contributed by atoms with Gasteiger partial charge in [0, 0.05) is 17.0 Å². The molecule has 4 nitrogen and oxygen atoms in total. The molecule has 5 heteroatoms. The second kappa shape index (κ2) is 6.53. The molecule has 0 bridgehead atoms. The summed E-state index contributed by atoms with van der Waals surface area (Å²) >= 11 is 1.54. The van der Waals surface area contributed by atoms with E-state index in [1.165, 1.54) is 17.4 Å². The molecule has 0 fully saturated rings. The lowest BCUT2D eigenvalue weighted by molar-refractivity contribution is -0.144. The Balaban J connectivity index is 1.69. The van der Waals surface area contributed by atoms with Crippen molar-refractivity contribution < 1.29 is 13.9 Å². The highest BCUT2D eigenvalue weighted by Gasteiger charge is 2.12. The Morgan fingerprint density at radius 1 is 1.12 bits per heavy atom. The van der Waals surface area contributed by atoms with Gasteiger partial charge < -0.3 is 9.15 Å². The van der Waals surface area contributed by atoms with Crippen LogP contribution in [-0.4, -0.2) is 5.97 Å². The highest BCUT2D eigenvalue weighted by molar-refractivity contribution is 7.08. The molecule has 0 aliphatic rings. The molecule has 0 saturated carbocycles. The molecule has 0 saturated heterocycles. The largest absolute Gasteiger partial charge is 0.461 e. The summed E-state index contributed by atoms with van der Waals surface area (Å²) in [5.74, 6) is -0.319. The van der Waals surface area contributed by atoms with Crippen LogP contribution in [-0.2, 0) is 22.6 Å². The normalized spacial score (nSPS) is 11.0. The standard InChI is InChI=1S/C20H14O4S/c21-18(9-13-7-8-25-12-13)23-11-15-10-19(22)24-17-6-5-14-3-1-2-4-16(14)20(15)17/h1-8,10,12H,9,11H2. The summed E-state index contributed by atoms with van der Waals surface area (Å²) in [6, 6.07) is 14.8. The van der Waals surface area contributed by atoms with Crippen LogP contribution < -0.4 is 5.63 Å². The number of hydrogen-bond donors (Lipinski definition) is 0. The molecular formula is C20H14O4S. The Morgan fingerprint density at radius 2 is 2.00 bits per heavy atom. The number of benzene rings is 2. The van der Waals surface area contributed by atoms with Crippen LogP contribution in [0.3, 0.4) is 0 Å². The Kier molecular flexibility index (Phi) is 4.07. The van der Waals surface area contributed by atoms with Crippen molar-refractivity contribution in [1.82, 2.24) is 0 Å². The molecule has 0 aliphatic carbocycles. The van der Waals surface area contributed by atoms with Crippen molar-refractivity contribution in [3.8, 4) is 0 Å². The van der Waals surface area contributed by atoms with Crippen LogP contribution in [0.5, 0.6) is 0 Å². The van der Waals surface area contributed by atoms with Gasteiger partial charge in [-0.05, 0) is 39.2 Å². The van der Waals surface area contributed by atoms with E-state index >= 15 is 0 Å². The van der Waals surface area contributed by atoms with Crippen LogP contribution in [0.25, 0.3) is 21.7 Å². The van der Waals surface area contributed by atoms with Gasteiger partial charge in [0.15, 0.2) is 0 Å². The van der Waals surface area contributed by atoms with Crippen molar-refractivity contribution in [1.29, 1.82) is 0 Å². The van der Waals surface area contributed by atoms with Gasteiger partial charge in [-0.2, -0.15) is 11.3 Å². The van der Waals surface area contributed by atoms with Crippen molar-refractivity contribution in [2.45, 2.75) is 13.0 Å². The van der Waals surface area contributed by atoms with Crippen LogP contribution >= 0.6 is 11.3 Å². The van der Waals surface area contributed by atoms with Crippen LogP contribution in [0.15, 0.2) is 68.5 Å². The van der Waals surface area contributed by atoms with E-state index in [0.717, 1.165) is 21.7 Å². The fraction of sp³-hybridized carbons (Fsp3) is 0.100. The lowest BCUT2D eigenvalue weighted by atomic mass is 10.0. The molecule has 25 heavy (non-hydrogen) atoms. The first-order chi connectivity index (χ1) is 12.2. The third-order valence-electron chi connectivity index (χ3n) is 4.03. The van der Waals surface area contributed by atoms with Crippen LogP contribution in [0.4, 0.5) is 0 Å². The summed E-state index contributed by atoms with van der Waals surface area (Å²) in [6.45, 7) is 0.0408. The minimum Gasteiger partial charge on any atom is -0.461 e. The lowest BCUT2D eigenvalue weighted by Crippen LogP contribution is -2.09. The summed E-state index contributed by atoms with van der Waals surface area (Å²) in [5.41, 5.74) is 1.63. The molecular weight excluding hydrogens is 336 g/mol. The molecule has 0 aliphatic heterocycles. The fourth-order valence-electron chi connectivity index (χ4n) is 2.90. The molecule has 2 aromatic carbocycles. The maximum Gasteiger partial charge on any atom is 0.336 e. The molecule has 0 unspecified atom stereocenters. The minimum absolute atomic E-state index is 0.0408. The summed E-state index contributed by atoms with van der Waals surface area (Å²) < 4.78 is 10.7. The van der Waals surface area contributed by atoms with Crippen LogP contribution in [0.1, 0.15) is 11.1 Å². The first kappa shape index (κ1) is 15.6. The van der Waals surface area contributed by atoms with E-state index in [9.17, 15) is 9.59 Å². The molecule has 0 spiro atoms. The number of hydrogen-bond acceptors (Lipinski definition) is 5. The summed E-state index contributed by atoms with van der Waals surface area (Å²) in [7, 11) is 0. The molecule has 2 heterocycles. The van der Waals surface area contributed by atoms with Gasteiger partial charge in [-0.3, -0.25) is 4.79 Å². The van der Waals surface area contributed by atoms with Gasteiger partial charge in [0.05, 0.1) is 6.42 Å². The number of fused-ring (bicyclic) bond motifs is 3. The second-order valence-electron chi connectivity index (χ2n) is 5.72. The van der Waals surface area contributed by atoms with E-state index < -0.39 is 5.63 Å². The SMILES string of the molecule is O=C(Cc1ccsc1)OCc1cc(=O)oc2ccc3ccccc3c12. The zero-order valence-corrected chi connectivity index (χ0v) is 14.0. The zero-order chi connectivity index (χ0) is 17.2. The average molecular weight is 350 g/mol. The topological polar surface area (TPSA) is 56.5 Å². The number of carbonyl (C=O) groups excluding carboxylic acids is 1. The zero-order valence-electron chi connectivity index (χ0n) is 13.2. The third-order valence-corrected chi connectivity index (χ3v) is 4.76. The van der Waals surface area contributed by atoms with Gasteiger partial charge in [0.2, 0.25) is 0 Å². The van der Waals surface area contributed by atoms with Crippen molar-refractivity contribution in [2.75, 3.05) is 0 Å². The van der Waals surface area contributed by atoms with E-state index in [2.05, 4.69) is 0 Å². The van der Waals surface area contributed by atoms with Crippen molar-refractivity contribution in [3.63, 3.8) is 0 Å². The first-order valence-corrected chi connectivity index (χ1v) is 8.76. The monoisotopic (exact) mass is 350 g/mol. The number of esters is 1. The Hall–Kier alpha value is -2.92. The smallest absolute Gasteiger partial charge is 0.336 e. The van der Waals surface area contributed by atoms with Crippen molar-refractivity contribution >= 4 is 39.0 Å². The maximum atomic E-state index is 12.0. The Morgan fingerprint density at radius 3 is 2.84 bits per heavy atom. The first-order valence-electron chi connectivity index (χ1n) is 7.82. The van der Waals surface area contributed by atoms with Gasteiger partial charge in [-0.1, -0.05) is 30.3 Å². The van der Waals surface area contributed by atoms with Crippen LogP contribution in [0.2, 0.25) is 0 Å². The molecule has 0 amide bonds.